The third-order valence-electron chi connectivity index (χ3n) is 6.26. The SMILES string of the molecule is Nc1nc(/C(=N\OC(C(=O)O)c2ccccc2)C([O-])=N[C@@H]2C(=O)N3C(C(=O)[O-])=C(CSc4s[nH]c(=O)c4C(=O)[O-])CS[C@H]23)cs1.[Na+].[Na+].[Na+]. The zero-order chi connectivity index (χ0) is 32.4. The molecule has 3 aromatic rings. The quantitative estimate of drug-likeness (QED) is 0.0387. The normalized spacial score (nSPS) is 17.9. The van der Waals surface area contributed by atoms with E-state index in [1.807, 2.05) is 0 Å². The number of fused-ring (bicyclic) bond motifs is 1. The van der Waals surface area contributed by atoms with Gasteiger partial charge in [-0.3, -0.25) is 23.9 Å². The zero-order valence-corrected chi connectivity index (χ0v) is 34.5. The number of benzene rings is 1. The second-order valence-corrected chi connectivity index (χ2v) is 13.1. The van der Waals surface area contributed by atoms with Gasteiger partial charge in [-0.1, -0.05) is 47.0 Å². The number of anilines is 1. The number of aromatic nitrogens is 2. The average Bonchev–Trinajstić information content (AvgIpc) is 3.61. The van der Waals surface area contributed by atoms with Crippen LogP contribution in [0.2, 0.25) is 0 Å². The predicted octanol–water partition coefficient (Wildman–Crippen LogP) is -10.8. The van der Waals surface area contributed by atoms with E-state index in [2.05, 4.69) is 19.5 Å². The maximum atomic E-state index is 13.3. The zero-order valence-electron chi connectivity index (χ0n) is 25.2. The Labute approximate surface area is 353 Å². The van der Waals surface area contributed by atoms with Crippen LogP contribution in [0.15, 0.2) is 66.1 Å². The van der Waals surface area contributed by atoms with Crippen LogP contribution in [-0.4, -0.2) is 77.7 Å². The average molecular weight is 759 g/mol. The third kappa shape index (κ3) is 9.16. The summed E-state index contributed by atoms with van der Waals surface area (Å²) in [4.78, 5) is 74.2. The molecule has 1 saturated heterocycles. The minimum Gasteiger partial charge on any atom is -0.857 e. The molecule has 2 aliphatic rings. The maximum Gasteiger partial charge on any atom is 1.00 e. The van der Waals surface area contributed by atoms with Gasteiger partial charge in [-0.05, 0) is 5.57 Å². The number of aromatic carboxylic acids is 1. The molecular formula is C25H17N6Na3O10S4. The van der Waals surface area contributed by atoms with Crippen LogP contribution in [-0.2, 0) is 19.2 Å². The first kappa shape index (κ1) is 42.5. The first-order chi connectivity index (χ1) is 21.5. The molecule has 3 atom stereocenters. The number of nitrogens with two attached hydrogens (primary N) is 1. The maximum absolute atomic E-state index is 13.3. The van der Waals surface area contributed by atoms with E-state index >= 15 is 0 Å². The molecule has 2 aliphatic heterocycles. The van der Waals surface area contributed by atoms with Crippen molar-refractivity contribution in [1.29, 1.82) is 0 Å². The van der Waals surface area contributed by atoms with Gasteiger partial charge in [0, 0.05) is 28.3 Å². The summed E-state index contributed by atoms with van der Waals surface area (Å²) >= 11 is 3.68. The molecule has 23 heteroatoms. The van der Waals surface area contributed by atoms with Gasteiger partial charge in [0.15, 0.2) is 11.2 Å². The molecule has 1 fully saturated rings. The summed E-state index contributed by atoms with van der Waals surface area (Å²) in [5, 5.41) is 50.6. The van der Waals surface area contributed by atoms with Crippen molar-refractivity contribution in [3.05, 3.63) is 74.2 Å². The van der Waals surface area contributed by atoms with Crippen molar-refractivity contribution in [1.82, 2.24) is 14.3 Å². The monoisotopic (exact) mass is 758 g/mol. The first-order valence-corrected chi connectivity index (χ1v) is 16.1. The van der Waals surface area contributed by atoms with Crippen molar-refractivity contribution in [2.24, 2.45) is 10.1 Å². The van der Waals surface area contributed by atoms with E-state index in [0.717, 1.165) is 51.3 Å². The summed E-state index contributed by atoms with van der Waals surface area (Å²) in [5.74, 6) is -6.73. The number of H-pyrrole nitrogens is 1. The molecule has 234 valence electrons. The number of nitrogens with zero attached hydrogens (tertiary/aromatic N) is 4. The van der Waals surface area contributed by atoms with Crippen LogP contribution in [0.1, 0.15) is 27.7 Å². The van der Waals surface area contributed by atoms with E-state index in [9.17, 15) is 44.4 Å². The molecule has 0 radical (unpaired) electrons. The van der Waals surface area contributed by atoms with Crippen molar-refractivity contribution in [3.63, 3.8) is 0 Å². The number of β-lactam (4-membered cyclic amide) rings is 1. The van der Waals surface area contributed by atoms with E-state index < -0.39 is 69.8 Å². The van der Waals surface area contributed by atoms with Gasteiger partial charge in [0.25, 0.3) is 11.5 Å². The number of carbonyl (C=O) groups excluding carboxylic acids is 3. The van der Waals surface area contributed by atoms with Crippen LogP contribution >= 0.6 is 46.4 Å². The topological polar surface area (TPSA) is 267 Å². The van der Waals surface area contributed by atoms with Gasteiger partial charge in [0.05, 0.1) is 27.4 Å². The van der Waals surface area contributed by atoms with Crippen LogP contribution in [0, 0.1) is 0 Å². The molecule has 0 spiro atoms. The smallest absolute Gasteiger partial charge is 0.857 e. The summed E-state index contributed by atoms with van der Waals surface area (Å²) < 4.78 is 2.35. The van der Waals surface area contributed by atoms with Gasteiger partial charge in [-0.15, -0.1) is 34.9 Å². The second kappa shape index (κ2) is 18.5. The molecule has 5 rings (SSSR count). The molecule has 16 nitrogen and oxygen atoms in total. The number of aliphatic carboxylic acids is 2. The number of hydrogen-bond donors (Lipinski definition) is 3. The van der Waals surface area contributed by atoms with Crippen LogP contribution in [0.5, 0.6) is 0 Å². The van der Waals surface area contributed by atoms with E-state index in [1.54, 1.807) is 18.2 Å². The Hall–Kier alpha value is -1.66. The Kier molecular flexibility index (Phi) is 16.4. The molecule has 1 amide bonds. The summed E-state index contributed by atoms with van der Waals surface area (Å²) in [6.07, 6.45) is -1.60. The van der Waals surface area contributed by atoms with Crippen molar-refractivity contribution in [3.8, 4) is 0 Å². The van der Waals surface area contributed by atoms with Crippen LogP contribution in [0.4, 0.5) is 5.13 Å². The molecule has 1 aromatic carbocycles. The number of oxime groups is 1. The Bertz CT molecular complexity index is 1850. The largest absolute Gasteiger partial charge is 1.00 e. The number of aromatic amines is 1. The number of carboxylic acids is 3. The second-order valence-electron chi connectivity index (χ2n) is 9.05. The number of thiazole rings is 1. The van der Waals surface area contributed by atoms with Crippen molar-refractivity contribution >= 4 is 86.9 Å². The predicted molar refractivity (Wildman–Crippen MR) is 157 cm³/mol. The molecule has 2 aromatic heterocycles. The number of rotatable bonds is 12. The van der Waals surface area contributed by atoms with Crippen molar-refractivity contribution < 1.29 is 133 Å². The molecule has 0 saturated carbocycles. The summed E-state index contributed by atoms with van der Waals surface area (Å²) in [5.41, 5.74) is 3.65. The molecule has 48 heavy (non-hydrogen) atoms. The van der Waals surface area contributed by atoms with Crippen molar-refractivity contribution in [2.45, 2.75) is 21.7 Å². The molecule has 1 unspecified atom stereocenters. The first-order valence-electron chi connectivity index (χ1n) is 12.4. The molecule has 0 bridgehead atoms. The minimum atomic E-state index is -1.69. The van der Waals surface area contributed by atoms with Gasteiger partial charge in [-0.25, -0.2) is 9.78 Å². The van der Waals surface area contributed by atoms with Crippen LogP contribution in [0.25, 0.3) is 0 Å². The Morgan fingerprint density at radius 1 is 1.15 bits per heavy atom. The number of amides is 1. The van der Waals surface area contributed by atoms with E-state index in [0.29, 0.717) is 0 Å². The number of carbonyl (C=O) groups is 4. The van der Waals surface area contributed by atoms with E-state index in [1.165, 1.54) is 17.5 Å². The summed E-state index contributed by atoms with van der Waals surface area (Å²) in [7, 11) is 0. The number of aliphatic imine (C=N–C) groups is 1. The Morgan fingerprint density at radius 3 is 2.42 bits per heavy atom. The van der Waals surface area contributed by atoms with Gasteiger partial charge < -0.3 is 40.6 Å². The van der Waals surface area contributed by atoms with Crippen LogP contribution in [0.3, 0.4) is 0 Å². The summed E-state index contributed by atoms with van der Waals surface area (Å²) in [6, 6.07) is 6.48. The van der Waals surface area contributed by atoms with E-state index in [-0.39, 0.29) is 126 Å². The fourth-order valence-electron chi connectivity index (χ4n) is 4.23. The van der Waals surface area contributed by atoms with Crippen LogP contribution < -0.4 is 115 Å². The summed E-state index contributed by atoms with van der Waals surface area (Å²) in [6.45, 7) is 0. The Balaban J connectivity index is 0.00000267. The molecular weight excluding hydrogens is 742 g/mol. The van der Waals surface area contributed by atoms with Gasteiger partial charge >= 0.3 is 94.6 Å². The minimum absolute atomic E-state index is 0. The molecule has 0 aliphatic carbocycles. The number of nitrogens with one attached hydrogen (secondary N) is 1. The van der Waals surface area contributed by atoms with Gasteiger partial charge in [0.2, 0.25) is 6.10 Å². The van der Waals surface area contributed by atoms with Crippen molar-refractivity contribution in [2.75, 3.05) is 17.2 Å². The molecule has 4 heterocycles. The third-order valence-corrected chi connectivity index (χ3v) is 10.5. The molecule has 4 N–H and O–H groups in total. The number of carboxylic acid groups (broad SMARTS) is 3. The fourth-order valence-corrected chi connectivity index (χ4v) is 8.20. The van der Waals surface area contributed by atoms with Gasteiger partial charge in [0.1, 0.15) is 16.8 Å². The number of hydrogen-bond acceptors (Lipinski definition) is 17. The van der Waals surface area contributed by atoms with Gasteiger partial charge in [-0.2, -0.15) is 0 Å². The standard InChI is InChI=1S/C25H20N6O10S4.3Na/c26-25-27-11(8-44-25)13(29-41-16(23(39)40)9-4-2-1-3-5-9)18(33)28-14-19(34)31-15(22(37)38)10(6-42-20(14)31)7-43-24-12(21(35)36)17(32)30-45-24;;;/h1-5,8,14,16,20H,6-7H2,(H2,26,27)(H,28,33)(H,30,32)(H,35,36)(H,37,38)(H,39,40);;;/q;3*+1/p-3/b29-13+;;;/t14-,16?,20-;;;/m1.../s1. The fraction of sp³-hybridized carbons (Fsp3) is 0.200. The number of thioether (sulfide) groups is 2. The number of nitrogen functional groups attached to an aromatic ring is 1. The Morgan fingerprint density at radius 2 is 1.83 bits per heavy atom. The van der Waals surface area contributed by atoms with E-state index in [4.69, 9.17) is 10.6 Å².